The average molecular weight is 509 g/mol. The maximum atomic E-state index is 11.7. The van der Waals surface area contributed by atoms with Crippen molar-refractivity contribution in [1.29, 1.82) is 0 Å². The molecule has 0 unspecified atom stereocenters. The van der Waals surface area contributed by atoms with E-state index in [2.05, 4.69) is 11.7 Å². The zero-order valence-electron chi connectivity index (χ0n) is 18.7. The summed E-state index contributed by atoms with van der Waals surface area (Å²) in [7, 11) is 0. The zero-order valence-corrected chi connectivity index (χ0v) is 20.2. The molecule has 0 aliphatic heterocycles. The van der Waals surface area contributed by atoms with Gasteiger partial charge < -0.3 is 14.6 Å². The topological polar surface area (TPSA) is 73.6 Å². The highest BCUT2D eigenvalue weighted by Gasteiger charge is 2.18. The molecule has 1 heterocycles. The first-order valence-electron chi connectivity index (χ1n) is 10.7. The number of aromatic carboxylic acids is 1. The first kappa shape index (κ1) is 24.4. The molecule has 0 bridgehead atoms. The van der Waals surface area contributed by atoms with E-state index in [4.69, 9.17) is 32.7 Å². The van der Waals surface area contributed by atoms with Crippen molar-refractivity contribution in [3.05, 3.63) is 112 Å². The van der Waals surface area contributed by atoms with E-state index in [0.29, 0.717) is 39.4 Å². The molecule has 0 aliphatic carbocycles. The summed E-state index contributed by atoms with van der Waals surface area (Å²) in [5.41, 5.74) is 3.07. The Morgan fingerprint density at radius 1 is 0.914 bits per heavy atom. The Hall–Kier alpha value is -3.74. The van der Waals surface area contributed by atoms with Gasteiger partial charge in [-0.2, -0.15) is 5.10 Å². The van der Waals surface area contributed by atoms with E-state index in [0.717, 1.165) is 11.1 Å². The van der Waals surface area contributed by atoms with Crippen LogP contribution >= 0.6 is 23.2 Å². The molecule has 0 fully saturated rings. The fourth-order valence-corrected chi connectivity index (χ4v) is 3.65. The number of halogens is 2. The Labute approximate surface area is 212 Å². The molecule has 8 heteroatoms. The minimum Gasteiger partial charge on any atom is -0.489 e. The van der Waals surface area contributed by atoms with Crippen molar-refractivity contribution >= 4 is 29.2 Å². The van der Waals surface area contributed by atoms with Gasteiger partial charge in [-0.15, -0.1) is 6.58 Å². The molecule has 1 aromatic heterocycles. The molecular formula is C27H22Cl2N2O4. The average Bonchev–Trinajstić information content (AvgIpc) is 3.28. The third-order valence-corrected chi connectivity index (χ3v) is 5.66. The van der Waals surface area contributed by atoms with Gasteiger partial charge in [0.2, 0.25) is 0 Å². The molecule has 35 heavy (non-hydrogen) atoms. The third-order valence-electron chi connectivity index (χ3n) is 5.16. The van der Waals surface area contributed by atoms with Crippen LogP contribution in [0.4, 0.5) is 0 Å². The van der Waals surface area contributed by atoms with Gasteiger partial charge in [-0.1, -0.05) is 53.5 Å². The number of rotatable bonds is 10. The van der Waals surface area contributed by atoms with Crippen molar-refractivity contribution in [1.82, 2.24) is 9.78 Å². The standard InChI is InChI=1S/C27H22Cl2N2O4/c1-2-13-31-25(27(32)33)15-24(30-31)23-12-11-22(34-16-18-3-7-20(28)8-4-18)14-26(23)35-17-19-5-9-21(29)10-6-19/h2-12,14-15H,1,13,16-17H2,(H,32,33). The van der Waals surface area contributed by atoms with Gasteiger partial charge in [-0.25, -0.2) is 4.79 Å². The maximum Gasteiger partial charge on any atom is 0.354 e. The lowest BCUT2D eigenvalue weighted by atomic mass is 10.1. The summed E-state index contributed by atoms with van der Waals surface area (Å²) in [6.07, 6.45) is 1.59. The van der Waals surface area contributed by atoms with Crippen LogP contribution in [0, 0.1) is 0 Å². The van der Waals surface area contributed by atoms with Crippen LogP contribution in [0.1, 0.15) is 21.6 Å². The molecule has 0 spiro atoms. The predicted octanol–water partition coefficient (Wildman–Crippen LogP) is 6.90. The zero-order chi connectivity index (χ0) is 24.8. The summed E-state index contributed by atoms with van der Waals surface area (Å²) < 4.78 is 13.5. The van der Waals surface area contributed by atoms with Crippen molar-refractivity contribution in [3.8, 4) is 22.8 Å². The molecule has 0 radical (unpaired) electrons. The number of hydrogen-bond acceptors (Lipinski definition) is 4. The molecular weight excluding hydrogens is 487 g/mol. The van der Waals surface area contributed by atoms with Crippen LogP contribution in [0.5, 0.6) is 11.5 Å². The van der Waals surface area contributed by atoms with Crippen LogP contribution in [0.25, 0.3) is 11.3 Å². The Balaban J connectivity index is 1.64. The van der Waals surface area contributed by atoms with E-state index in [1.807, 2.05) is 36.4 Å². The fourth-order valence-electron chi connectivity index (χ4n) is 3.39. The first-order chi connectivity index (χ1) is 16.9. The Morgan fingerprint density at radius 2 is 1.51 bits per heavy atom. The van der Waals surface area contributed by atoms with E-state index < -0.39 is 5.97 Å². The van der Waals surface area contributed by atoms with Crippen molar-refractivity contribution in [2.75, 3.05) is 0 Å². The molecule has 6 nitrogen and oxygen atoms in total. The Kier molecular flexibility index (Phi) is 7.75. The monoisotopic (exact) mass is 508 g/mol. The number of hydrogen-bond donors (Lipinski definition) is 1. The molecule has 0 saturated heterocycles. The number of carbonyl (C=O) groups is 1. The second-order valence-electron chi connectivity index (χ2n) is 7.68. The molecule has 1 N–H and O–H groups in total. The number of allylic oxidation sites excluding steroid dienone is 1. The molecule has 0 atom stereocenters. The summed E-state index contributed by atoms with van der Waals surface area (Å²) in [6, 6.07) is 21.7. The van der Waals surface area contributed by atoms with Crippen LogP contribution in [-0.2, 0) is 19.8 Å². The van der Waals surface area contributed by atoms with Gasteiger partial charge in [0, 0.05) is 21.7 Å². The minimum atomic E-state index is -1.07. The van der Waals surface area contributed by atoms with Crippen molar-refractivity contribution < 1.29 is 19.4 Å². The van der Waals surface area contributed by atoms with E-state index in [1.54, 1.807) is 36.4 Å². The van der Waals surface area contributed by atoms with Gasteiger partial charge in [-0.05, 0) is 53.6 Å². The molecule has 0 aliphatic rings. The van der Waals surface area contributed by atoms with Crippen molar-refractivity contribution in [2.45, 2.75) is 19.8 Å². The van der Waals surface area contributed by atoms with E-state index >= 15 is 0 Å². The summed E-state index contributed by atoms with van der Waals surface area (Å²) in [5.74, 6) is 0.0321. The second kappa shape index (κ2) is 11.1. The lowest BCUT2D eigenvalue weighted by Gasteiger charge is -2.13. The van der Waals surface area contributed by atoms with Gasteiger partial charge in [0.1, 0.15) is 30.4 Å². The lowest BCUT2D eigenvalue weighted by molar-refractivity contribution is 0.0684. The van der Waals surface area contributed by atoms with Crippen LogP contribution in [0.2, 0.25) is 10.0 Å². The fraction of sp³-hybridized carbons (Fsp3) is 0.111. The van der Waals surface area contributed by atoms with Gasteiger partial charge in [0.25, 0.3) is 0 Å². The predicted molar refractivity (Wildman–Crippen MR) is 136 cm³/mol. The van der Waals surface area contributed by atoms with Gasteiger partial charge >= 0.3 is 5.97 Å². The highest BCUT2D eigenvalue weighted by atomic mass is 35.5. The van der Waals surface area contributed by atoms with Gasteiger partial charge in [0.15, 0.2) is 0 Å². The van der Waals surface area contributed by atoms with E-state index in [9.17, 15) is 9.90 Å². The number of benzene rings is 3. The number of ether oxygens (including phenoxy) is 2. The molecule has 4 rings (SSSR count). The van der Waals surface area contributed by atoms with Crippen LogP contribution in [0.3, 0.4) is 0 Å². The highest BCUT2D eigenvalue weighted by molar-refractivity contribution is 6.30. The maximum absolute atomic E-state index is 11.7. The summed E-state index contributed by atoms with van der Waals surface area (Å²) in [5, 5.41) is 15.3. The van der Waals surface area contributed by atoms with Gasteiger partial charge in [-0.3, -0.25) is 4.68 Å². The summed E-state index contributed by atoms with van der Waals surface area (Å²) >= 11 is 11.9. The Morgan fingerprint density at radius 3 is 2.09 bits per heavy atom. The molecule has 3 aromatic carbocycles. The Bertz CT molecular complexity index is 1330. The first-order valence-corrected chi connectivity index (χ1v) is 11.5. The molecule has 178 valence electrons. The number of carboxylic acids is 1. The molecule has 0 saturated carbocycles. The summed E-state index contributed by atoms with van der Waals surface area (Å²) in [4.78, 5) is 11.7. The number of aromatic nitrogens is 2. The van der Waals surface area contributed by atoms with Crippen LogP contribution in [-0.4, -0.2) is 20.9 Å². The quantitative estimate of drug-likeness (QED) is 0.236. The van der Waals surface area contributed by atoms with Crippen LogP contribution < -0.4 is 9.47 Å². The largest absolute Gasteiger partial charge is 0.489 e. The van der Waals surface area contributed by atoms with E-state index in [-0.39, 0.29) is 18.8 Å². The highest BCUT2D eigenvalue weighted by Crippen LogP contribution is 2.34. The normalized spacial score (nSPS) is 10.7. The van der Waals surface area contributed by atoms with Gasteiger partial charge in [0.05, 0.1) is 12.2 Å². The smallest absolute Gasteiger partial charge is 0.354 e. The summed E-state index contributed by atoms with van der Waals surface area (Å²) in [6.45, 7) is 4.58. The minimum absolute atomic E-state index is 0.0617. The third kappa shape index (κ3) is 6.23. The van der Waals surface area contributed by atoms with Crippen molar-refractivity contribution in [2.24, 2.45) is 0 Å². The van der Waals surface area contributed by atoms with Crippen LogP contribution in [0.15, 0.2) is 85.5 Å². The number of nitrogens with zero attached hydrogens (tertiary/aromatic N) is 2. The lowest BCUT2D eigenvalue weighted by Crippen LogP contribution is -2.08. The van der Waals surface area contributed by atoms with Crippen molar-refractivity contribution in [3.63, 3.8) is 0 Å². The number of carboxylic acid groups (broad SMARTS) is 1. The SMILES string of the molecule is C=CCn1nc(-c2ccc(OCc3ccc(Cl)cc3)cc2OCc2ccc(Cl)cc2)cc1C(=O)O. The molecule has 4 aromatic rings. The van der Waals surface area contributed by atoms with E-state index in [1.165, 1.54) is 10.7 Å². The second-order valence-corrected chi connectivity index (χ2v) is 8.55. The molecule has 0 amide bonds.